The zero-order valence-corrected chi connectivity index (χ0v) is 22.8. The maximum absolute atomic E-state index is 11.8. The van der Waals surface area contributed by atoms with Crippen LogP contribution in [0.1, 0.15) is 119 Å². The smallest absolute Gasteiger partial charge is 0.303 e. The Labute approximate surface area is 207 Å². The van der Waals surface area contributed by atoms with Crippen molar-refractivity contribution < 1.29 is 19.4 Å². The van der Waals surface area contributed by atoms with E-state index in [0.29, 0.717) is 29.6 Å². The summed E-state index contributed by atoms with van der Waals surface area (Å²) < 4.78 is 5.84. The molecule has 0 amide bonds. The Bertz CT molecular complexity index is 871. The molecule has 4 aliphatic rings. The number of allylic oxidation sites excluding steroid dienone is 2. The van der Waals surface area contributed by atoms with Gasteiger partial charge in [-0.1, -0.05) is 52.7 Å². The number of carbonyl (C=O) groups is 2. The number of carboxylic acids is 1. The molecule has 192 valence electrons. The maximum Gasteiger partial charge on any atom is 0.303 e. The largest absolute Gasteiger partial charge is 0.481 e. The lowest BCUT2D eigenvalue weighted by atomic mass is 9.43. The van der Waals surface area contributed by atoms with Gasteiger partial charge in [-0.15, -0.1) is 0 Å². The summed E-state index contributed by atoms with van der Waals surface area (Å²) in [4.78, 5) is 22.8. The molecule has 7 atom stereocenters. The van der Waals surface area contributed by atoms with Crippen LogP contribution in [0.25, 0.3) is 0 Å². The molecule has 34 heavy (non-hydrogen) atoms. The molecule has 0 aromatic heterocycles. The van der Waals surface area contributed by atoms with Crippen molar-refractivity contribution in [2.45, 2.75) is 125 Å². The molecule has 0 saturated heterocycles. The number of ether oxygens (including phenoxy) is 1. The van der Waals surface area contributed by atoms with Crippen molar-refractivity contribution in [3.63, 3.8) is 0 Å². The predicted molar refractivity (Wildman–Crippen MR) is 135 cm³/mol. The van der Waals surface area contributed by atoms with E-state index in [-0.39, 0.29) is 28.3 Å². The van der Waals surface area contributed by atoms with E-state index < -0.39 is 5.97 Å². The molecule has 0 aliphatic heterocycles. The number of fused-ring (bicyclic) bond motifs is 4. The second-order valence-electron chi connectivity index (χ2n) is 13.6. The summed E-state index contributed by atoms with van der Waals surface area (Å²) in [6, 6.07) is 0. The lowest BCUT2D eigenvalue weighted by Gasteiger charge is -2.62. The molecule has 2 fully saturated rings. The Kier molecular flexibility index (Phi) is 6.56. The minimum absolute atomic E-state index is 0.00424. The summed E-state index contributed by atoms with van der Waals surface area (Å²) in [5.41, 5.74) is 4.32. The highest BCUT2D eigenvalue weighted by Crippen LogP contribution is 2.72. The van der Waals surface area contributed by atoms with Gasteiger partial charge < -0.3 is 9.84 Å². The maximum atomic E-state index is 11.8. The summed E-state index contributed by atoms with van der Waals surface area (Å²) in [6.07, 6.45) is 11.6. The fourth-order valence-corrected chi connectivity index (χ4v) is 9.80. The Morgan fingerprint density at radius 3 is 2.35 bits per heavy atom. The fourth-order valence-electron chi connectivity index (χ4n) is 9.80. The van der Waals surface area contributed by atoms with Crippen LogP contribution in [0.4, 0.5) is 0 Å². The third-order valence-corrected chi connectivity index (χ3v) is 11.8. The van der Waals surface area contributed by atoms with Crippen molar-refractivity contribution in [3.05, 3.63) is 11.1 Å². The molecule has 0 heterocycles. The number of hydrogen-bond acceptors (Lipinski definition) is 3. The average Bonchev–Trinajstić information content (AvgIpc) is 3.01. The third-order valence-electron chi connectivity index (χ3n) is 11.8. The van der Waals surface area contributed by atoms with E-state index in [1.807, 2.05) is 0 Å². The zero-order chi connectivity index (χ0) is 25.1. The highest BCUT2D eigenvalue weighted by atomic mass is 16.5. The van der Waals surface area contributed by atoms with Gasteiger partial charge >= 0.3 is 11.9 Å². The molecule has 2 saturated carbocycles. The van der Waals surface area contributed by atoms with E-state index in [2.05, 4.69) is 41.5 Å². The normalized spacial score (nSPS) is 41.8. The first-order valence-electron chi connectivity index (χ1n) is 13.9. The molecule has 0 spiro atoms. The number of carboxylic acid groups (broad SMARTS) is 1. The highest BCUT2D eigenvalue weighted by Gasteiger charge is 2.63. The third kappa shape index (κ3) is 3.77. The van der Waals surface area contributed by atoms with Crippen LogP contribution < -0.4 is 0 Å². The van der Waals surface area contributed by atoms with Crippen molar-refractivity contribution in [1.29, 1.82) is 0 Å². The highest BCUT2D eigenvalue weighted by molar-refractivity contribution is 5.66. The van der Waals surface area contributed by atoms with Gasteiger partial charge in [0.1, 0.15) is 6.10 Å². The fraction of sp³-hybridized carbons (Fsp3) is 0.867. The summed E-state index contributed by atoms with van der Waals surface area (Å²) in [5, 5.41) is 9.08. The van der Waals surface area contributed by atoms with Crippen LogP contribution in [0.15, 0.2) is 11.1 Å². The van der Waals surface area contributed by atoms with Crippen molar-refractivity contribution >= 4 is 11.9 Å². The van der Waals surface area contributed by atoms with E-state index in [9.17, 15) is 9.59 Å². The molecule has 0 bridgehead atoms. The first kappa shape index (κ1) is 25.8. The van der Waals surface area contributed by atoms with Crippen LogP contribution in [-0.2, 0) is 14.3 Å². The van der Waals surface area contributed by atoms with Crippen LogP contribution in [0.5, 0.6) is 0 Å². The van der Waals surface area contributed by atoms with Crippen molar-refractivity contribution in [2.24, 2.45) is 39.4 Å². The van der Waals surface area contributed by atoms with Gasteiger partial charge in [0.05, 0.1) is 0 Å². The molecule has 4 aliphatic carbocycles. The van der Waals surface area contributed by atoms with E-state index in [4.69, 9.17) is 9.84 Å². The van der Waals surface area contributed by atoms with Crippen molar-refractivity contribution in [2.75, 3.05) is 0 Å². The number of carbonyl (C=O) groups excluding carboxylic acids is 1. The zero-order valence-electron chi connectivity index (χ0n) is 22.8. The molecule has 4 heteroatoms. The second-order valence-corrected chi connectivity index (χ2v) is 13.6. The Morgan fingerprint density at radius 1 is 1.00 bits per heavy atom. The number of rotatable bonds is 6. The van der Waals surface area contributed by atoms with Gasteiger partial charge in [0.2, 0.25) is 0 Å². The number of esters is 1. The first-order valence-corrected chi connectivity index (χ1v) is 13.9. The average molecular weight is 473 g/mol. The van der Waals surface area contributed by atoms with Gasteiger partial charge in [0.25, 0.3) is 0 Å². The molecule has 1 N–H and O–H groups in total. The Hall–Kier alpha value is -1.32. The molecule has 4 nitrogen and oxygen atoms in total. The Balaban J connectivity index is 1.62. The van der Waals surface area contributed by atoms with Crippen LogP contribution in [0, 0.1) is 39.4 Å². The molecular weight excluding hydrogens is 424 g/mol. The van der Waals surface area contributed by atoms with E-state index >= 15 is 0 Å². The standard InChI is InChI=1S/C30H48O4/c1-19(9-8-10-26(32)33)21-13-17-30(7)23-11-12-24-27(3,4)25(34-20(2)31)15-16-28(24,5)22(23)14-18-29(21,30)6/h19,21,24-25H,8-18H2,1-7H3,(H,32,33)/t19-,21-,24+,25+,28-,29-,30+/m1/s1. The molecular formula is C30H48O4. The molecule has 0 radical (unpaired) electrons. The van der Waals surface area contributed by atoms with Crippen LogP contribution in [0.3, 0.4) is 0 Å². The van der Waals surface area contributed by atoms with E-state index in [1.165, 1.54) is 38.5 Å². The topological polar surface area (TPSA) is 63.6 Å². The molecule has 0 unspecified atom stereocenters. The van der Waals surface area contributed by atoms with Gasteiger partial charge in [0.15, 0.2) is 0 Å². The van der Waals surface area contributed by atoms with Gasteiger partial charge in [-0.05, 0) is 98.2 Å². The summed E-state index contributed by atoms with van der Waals surface area (Å²) in [6.45, 7) is 16.3. The minimum atomic E-state index is -0.668. The van der Waals surface area contributed by atoms with Crippen molar-refractivity contribution in [3.8, 4) is 0 Å². The van der Waals surface area contributed by atoms with Crippen LogP contribution in [-0.4, -0.2) is 23.1 Å². The quantitative estimate of drug-likeness (QED) is 0.320. The van der Waals surface area contributed by atoms with Gasteiger partial charge in [-0.25, -0.2) is 0 Å². The van der Waals surface area contributed by atoms with Crippen LogP contribution in [0.2, 0.25) is 0 Å². The summed E-state index contributed by atoms with van der Waals surface area (Å²) in [7, 11) is 0. The van der Waals surface area contributed by atoms with E-state index in [1.54, 1.807) is 18.1 Å². The number of hydrogen-bond donors (Lipinski definition) is 1. The van der Waals surface area contributed by atoms with Gasteiger partial charge in [-0.2, -0.15) is 0 Å². The number of aliphatic carboxylic acids is 1. The van der Waals surface area contributed by atoms with Gasteiger partial charge in [-0.3, -0.25) is 9.59 Å². The first-order chi connectivity index (χ1) is 15.8. The second kappa shape index (κ2) is 8.66. The van der Waals surface area contributed by atoms with Crippen LogP contribution >= 0.6 is 0 Å². The summed E-state index contributed by atoms with van der Waals surface area (Å²) >= 11 is 0. The summed E-state index contributed by atoms with van der Waals surface area (Å²) in [5.74, 6) is 1.00. The lowest BCUT2D eigenvalue weighted by Crippen LogP contribution is -2.55. The molecule has 0 aromatic carbocycles. The molecule has 0 aromatic rings. The monoisotopic (exact) mass is 472 g/mol. The van der Waals surface area contributed by atoms with Crippen molar-refractivity contribution in [1.82, 2.24) is 0 Å². The molecule has 4 rings (SSSR count). The Morgan fingerprint density at radius 2 is 1.71 bits per heavy atom. The minimum Gasteiger partial charge on any atom is -0.481 e. The lowest BCUT2D eigenvalue weighted by molar-refractivity contribution is -0.167. The SMILES string of the molecule is CC(=O)O[C@H]1CC[C@]2(C)C3=C(CC[C@H]2C1(C)C)[C@]1(C)CC[C@H]([C@H](C)CCCC(=O)O)[C@@]1(C)CC3. The van der Waals surface area contributed by atoms with E-state index in [0.717, 1.165) is 25.7 Å². The van der Waals surface area contributed by atoms with Gasteiger partial charge in [0, 0.05) is 18.8 Å². The predicted octanol–water partition coefficient (Wildman–Crippen LogP) is 7.56.